The second kappa shape index (κ2) is 18.6. The maximum absolute atomic E-state index is 2.56. The molecule has 1 aromatic heterocycles. The van der Waals surface area contributed by atoms with E-state index in [2.05, 4.69) is 230 Å². The van der Waals surface area contributed by atoms with E-state index in [9.17, 15) is 0 Å². The molecule has 302 valence electrons. The molecule has 8 aromatic rings. The molecule has 0 fully saturated rings. The monoisotopic (exact) mass is 792 g/mol. The van der Waals surface area contributed by atoms with Crippen molar-refractivity contribution in [2.45, 2.75) is 59.9 Å². The van der Waals surface area contributed by atoms with Crippen molar-refractivity contribution in [1.29, 1.82) is 0 Å². The van der Waals surface area contributed by atoms with Gasteiger partial charge in [-0.2, -0.15) is 0 Å². The topological polar surface area (TPSA) is 8.17 Å². The third-order valence-electron chi connectivity index (χ3n) is 11.8. The van der Waals surface area contributed by atoms with E-state index in [1.54, 1.807) is 0 Å². The number of hydrogen-bond acceptors (Lipinski definition) is 1. The van der Waals surface area contributed by atoms with Crippen molar-refractivity contribution in [2.24, 2.45) is 0 Å². The first-order chi connectivity index (χ1) is 30.2. The van der Waals surface area contributed by atoms with Crippen LogP contribution in [0.3, 0.4) is 0 Å². The van der Waals surface area contributed by atoms with Crippen LogP contribution >= 0.6 is 0 Å². The van der Waals surface area contributed by atoms with Gasteiger partial charge in [0, 0.05) is 28.2 Å². The highest BCUT2D eigenvalue weighted by atomic mass is 15.2. The van der Waals surface area contributed by atoms with Gasteiger partial charge in [-0.05, 0) is 106 Å². The molecule has 2 atom stereocenters. The largest absolute Gasteiger partial charge is 0.333 e. The third kappa shape index (κ3) is 7.60. The Morgan fingerprint density at radius 3 is 1.93 bits per heavy atom. The molecular weight excluding hydrogens is 737 g/mol. The summed E-state index contributed by atoms with van der Waals surface area (Å²) in [5.74, 6) is 0.177. The summed E-state index contributed by atoms with van der Waals surface area (Å²) in [5, 5.41) is 1.31. The van der Waals surface area contributed by atoms with Crippen LogP contribution in [0.1, 0.15) is 76.3 Å². The minimum Gasteiger partial charge on any atom is -0.333 e. The summed E-state index contributed by atoms with van der Waals surface area (Å²) in [6.45, 7) is 12.3. The van der Waals surface area contributed by atoms with E-state index in [1.165, 1.54) is 89.3 Å². The van der Waals surface area contributed by atoms with E-state index >= 15 is 0 Å². The second-order valence-electron chi connectivity index (χ2n) is 15.1. The predicted molar refractivity (Wildman–Crippen MR) is 265 cm³/mol. The molecule has 0 bridgehead atoms. The Balaban J connectivity index is 0.00000125. The summed E-state index contributed by atoms with van der Waals surface area (Å²) in [4.78, 5) is 2.56. The Hall–Kier alpha value is -6.90. The van der Waals surface area contributed by atoms with Crippen LogP contribution in [0.4, 0.5) is 11.4 Å². The van der Waals surface area contributed by atoms with Gasteiger partial charge in [0.15, 0.2) is 0 Å². The van der Waals surface area contributed by atoms with Crippen LogP contribution in [0.5, 0.6) is 0 Å². The second-order valence-corrected chi connectivity index (χ2v) is 15.1. The van der Waals surface area contributed by atoms with E-state index < -0.39 is 0 Å². The van der Waals surface area contributed by atoms with Crippen LogP contribution in [0.2, 0.25) is 0 Å². The third-order valence-corrected chi connectivity index (χ3v) is 11.8. The van der Waals surface area contributed by atoms with Gasteiger partial charge in [0.25, 0.3) is 0 Å². The van der Waals surface area contributed by atoms with Crippen LogP contribution in [0.25, 0.3) is 61.6 Å². The predicted octanol–water partition coefficient (Wildman–Crippen LogP) is 16.7. The SMILES string of the molecule is C/C=C\C(=C/CC)c1cccc(-c2ccc(N3c4ccccc4C4c5c(n(-c6ccccc6-c6ccc(-c7ccccc7)cc6)c6ccccc56)C=CC43)cc2)c1.CC.CC. The molecule has 10 rings (SSSR count). The summed E-state index contributed by atoms with van der Waals surface area (Å²) in [7, 11) is 0. The van der Waals surface area contributed by atoms with Gasteiger partial charge in [-0.3, -0.25) is 0 Å². The van der Waals surface area contributed by atoms with E-state index in [1.807, 2.05) is 27.7 Å². The average Bonchev–Trinajstić information content (AvgIpc) is 3.86. The molecule has 0 amide bonds. The molecular formula is C59H56N2. The summed E-state index contributed by atoms with van der Waals surface area (Å²) >= 11 is 0. The standard InChI is InChI=1S/C55H44N2.2C2H6/c1-3-15-38(16-4-2)43-19-14-20-44(37-43)41-31-33-45(34-32-41)56-50-25-12-9-22-47(50)54-52(56)35-36-53-55(54)48-23-10-13-26-51(48)57(53)49-24-11-8-21-46(49)42-29-27-40(28-30-42)39-17-6-5-7-18-39;2*1-2/h3,5-37,52,54H,4H2,1-2H3;2*1-2H3/b15-3-,38-16+;;. The summed E-state index contributed by atoms with van der Waals surface area (Å²) in [5.41, 5.74) is 18.8. The Kier molecular flexibility index (Phi) is 12.4. The number of para-hydroxylation sites is 3. The first kappa shape index (κ1) is 40.9. The zero-order valence-corrected chi connectivity index (χ0v) is 36.4. The van der Waals surface area contributed by atoms with Crippen LogP contribution in [0, 0.1) is 0 Å². The normalized spacial score (nSPS) is 15.0. The van der Waals surface area contributed by atoms with E-state index in [0.717, 1.165) is 6.42 Å². The number of aromatic nitrogens is 1. The molecule has 1 aliphatic heterocycles. The van der Waals surface area contributed by atoms with Gasteiger partial charge in [0.2, 0.25) is 0 Å². The first-order valence-electron chi connectivity index (χ1n) is 22.2. The molecule has 2 heteroatoms. The van der Waals surface area contributed by atoms with Crippen molar-refractivity contribution in [3.8, 4) is 39.1 Å². The lowest BCUT2D eigenvalue weighted by molar-refractivity contribution is 0.725. The maximum Gasteiger partial charge on any atom is 0.0637 e. The Morgan fingerprint density at radius 1 is 0.574 bits per heavy atom. The van der Waals surface area contributed by atoms with Crippen molar-refractivity contribution in [2.75, 3.05) is 4.90 Å². The van der Waals surface area contributed by atoms with Gasteiger partial charge in [0.05, 0.1) is 22.9 Å². The lowest BCUT2D eigenvalue weighted by atomic mass is 9.82. The summed E-state index contributed by atoms with van der Waals surface area (Å²) < 4.78 is 2.50. The van der Waals surface area contributed by atoms with Crippen LogP contribution in [0.15, 0.2) is 200 Å². The molecule has 2 heterocycles. The molecule has 0 N–H and O–H groups in total. The summed E-state index contributed by atoms with van der Waals surface area (Å²) in [6.07, 6.45) is 12.5. The lowest BCUT2D eigenvalue weighted by Gasteiger charge is -2.31. The number of allylic oxidation sites excluding steroid dienone is 4. The van der Waals surface area contributed by atoms with Gasteiger partial charge >= 0.3 is 0 Å². The molecule has 0 saturated heterocycles. The van der Waals surface area contributed by atoms with Gasteiger partial charge in [-0.15, -0.1) is 0 Å². The van der Waals surface area contributed by atoms with Crippen molar-refractivity contribution in [1.82, 2.24) is 4.57 Å². The molecule has 2 unspecified atom stereocenters. The Bertz CT molecular complexity index is 2830. The smallest absolute Gasteiger partial charge is 0.0637 e. The molecule has 2 aliphatic rings. The maximum atomic E-state index is 2.56. The highest BCUT2D eigenvalue weighted by Gasteiger charge is 2.43. The van der Waals surface area contributed by atoms with Gasteiger partial charge in [0.1, 0.15) is 0 Å². The minimum atomic E-state index is 0.145. The molecule has 61 heavy (non-hydrogen) atoms. The highest BCUT2D eigenvalue weighted by Crippen LogP contribution is 2.54. The molecule has 0 radical (unpaired) electrons. The quantitative estimate of drug-likeness (QED) is 0.139. The molecule has 0 saturated carbocycles. The van der Waals surface area contributed by atoms with Crippen LogP contribution in [-0.4, -0.2) is 10.6 Å². The van der Waals surface area contributed by atoms with Gasteiger partial charge in [-0.25, -0.2) is 0 Å². The number of benzene rings is 7. The Morgan fingerprint density at radius 2 is 1.18 bits per heavy atom. The average molecular weight is 793 g/mol. The van der Waals surface area contributed by atoms with E-state index in [4.69, 9.17) is 0 Å². The number of rotatable bonds is 8. The minimum absolute atomic E-state index is 0.145. The highest BCUT2D eigenvalue weighted by molar-refractivity contribution is 5.96. The number of hydrogen-bond donors (Lipinski definition) is 0. The number of nitrogens with zero attached hydrogens (tertiary/aromatic N) is 2. The van der Waals surface area contributed by atoms with Crippen molar-refractivity contribution in [3.63, 3.8) is 0 Å². The first-order valence-corrected chi connectivity index (χ1v) is 22.2. The fourth-order valence-electron chi connectivity index (χ4n) is 9.28. The summed E-state index contributed by atoms with van der Waals surface area (Å²) in [6, 6.07) is 64.8. The van der Waals surface area contributed by atoms with E-state index in [0.29, 0.717) is 0 Å². The van der Waals surface area contributed by atoms with Crippen LogP contribution in [-0.2, 0) is 0 Å². The molecule has 0 spiro atoms. The zero-order chi connectivity index (χ0) is 42.3. The molecule has 1 aliphatic carbocycles. The number of fused-ring (bicyclic) bond motifs is 7. The van der Waals surface area contributed by atoms with Crippen LogP contribution < -0.4 is 4.90 Å². The van der Waals surface area contributed by atoms with E-state index in [-0.39, 0.29) is 12.0 Å². The number of anilines is 2. The van der Waals surface area contributed by atoms with Crippen molar-refractivity contribution < 1.29 is 0 Å². The molecule has 2 nitrogen and oxygen atoms in total. The Labute approximate surface area is 363 Å². The lowest BCUT2D eigenvalue weighted by Crippen LogP contribution is -2.30. The zero-order valence-electron chi connectivity index (χ0n) is 36.4. The fraction of sp³-hybridized carbons (Fsp3) is 0.153. The van der Waals surface area contributed by atoms with Gasteiger partial charge in [-0.1, -0.05) is 198 Å². The van der Waals surface area contributed by atoms with Crippen molar-refractivity contribution >= 4 is 33.9 Å². The molecule has 7 aromatic carbocycles. The fourth-order valence-corrected chi connectivity index (χ4v) is 9.28. The van der Waals surface area contributed by atoms with Gasteiger partial charge < -0.3 is 9.47 Å². The van der Waals surface area contributed by atoms with Crippen molar-refractivity contribution in [3.05, 3.63) is 223 Å².